The number of likely N-dealkylation sites (N-methyl/N-ethyl adjacent to an activating group) is 1. The first-order chi connectivity index (χ1) is 11.0. The third-order valence-electron chi connectivity index (χ3n) is 3.07. The van der Waals surface area contributed by atoms with Gasteiger partial charge in [-0.05, 0) is 23.6 Å². The van der Waals surface area contributed by atoms with Gasteiger partial charge in [-0.2, -0.15) is 4.68 Å². The van der Waals surface area contributed by atoms with Crippen LogP contribution in [0.4, 0.5) is 0 Å². The topological polar surface area (TPSA) is 68.3 Å². The van der Waals surface area contributed by atoms with Crippen LogP contribution in [0.15, 0.2) is 38.9 Å². The molecule has 0 fully saturated rings. The first-order valence-electron chi connectivity index (χ1n) is 6.63. The van der Waals surface area contributed by atoms with Gasteiger partial charge >= 0.3 is 5.76 Å². The van der Waals surface area contributed by atoms with E-state index in [0.29, 0.717) is 10.9 Å². The Morgan fingerprint density at radius 2 is 2.26 bits per heavy atom. The van der Waals surface area contributed by atoms with Gasteiger partial charge in [-0.1, -0.05) is 17.7 Å². The third kappa shape index (κ3) is 3.72. The van der Waals surface area contributed by atoms with E-state index in [4.69, 9.17) is 16.0 Å². The van der Waals surface area contributed by atoms with E-state index in [2.05, 4.69) is 5.10 Å². The summed E-state index contributed by atoms with van der Waals surface area (Å²) in [5.41, 5.74) is 0. The van der Waals surface area contributed by atoms with Crippen molar-refractivity contribution in [3.05, 3.63) is 49.4 Å². The number of hydrogen-bond acceptors (Lipinski definition) is 6. The Kier molecular flexibility index (Phi) is 4.65. The van der Waals surface area contributed by atoms with E-state index in [-0.39, 0.29) is 18.3 Å². The maximum Gasteiger partial charge on any atom is 0.437 e. The summed E-state index contributed by atoms with van der Waals surface area (Å²) in [7, 11) is 1.67. The second-order valence-corrected chi connectivity index (χ2v) is 7.51. The van der Waals surface area contributed by atoms with Crippen molar-refractivity contribution in [1.82, 2.24) is 14.7 Å². The molecule has 0 aliphatic carbocycles. The van der Waals surface area contributed by atoms with Crippen LogP contribution in [0.25, 0.3) is 10.8 Å². The lowest BCUT2D eigenvalue weighted by atomic mass is 10.4. The number of nitrogens with zero attached hydrogens (tertiary/aromatic N) is 3. The molecule has 23 heavy (non-hydrogen) atoms. The summed E-state index contributed by atoms with van der Waals surface area (Å²) in [6.45, 7) is 0.268. The SMILES string of the molecule is CN(Cc1ccc(Cl)s1)C(=O)Cn1nc(-c2cccs2)oc1=O. The highest BCUT2D eigenvalue weighted by molar-refractivity contribution is 7.16. The molecular weight excluding hydrogens is 358 g/mol. The van der Waals surface area contributed by atoms with Gasteiger partial charge < -0.3 is 9.32 Å². The molecule has 0 N–H and O–H groups in total. The van der Waals surface area contributed by atoms with E-state index in [1.54, 1.807) is 19.2 Å². The number of thiophene rings is 2. The number of amides is 1. The molecule has 0 saturated carbocycles. The predicted octanol–water partition coefficient (Wildman–Crippen LogP) is 2.94. The molecule has 0 unspecified atom stereocenters. The van der Waals surface area contributed by atoms with E-state index in [0.717, 1.165) is 14.4 Å². The van der Waals surface area contributed by atoms with Crippen molar-refractivity contribution >= 4 is 40.2 Å². The lowest BCUT2D eigenvalue weighted by molar-refractivity contribution is -0.131. The minimum Gasteiger partial charge on any atom is -0.387 e. The lowest BCUT2D eigenvalue weighted by Crippen LogP contribution is -2.32. The smallest absolute Gasteiger partial charge is 0.387 e. The molecule has 120 valence electrons. The summed E-state index contributed by atoms with van der Waals surface area (Å²) in [4.78, 5) is 27.3. The van der Waals surface area contributed by atoms with Crippen LogP contribution in [0, 0.1) is 0 Å². The molecule has 6 nitrogen and oxygen atoms in total. The fraction of sp³-hybridized carbons (Fsp3) is 0.214. The molecule has 0 radical (unpaired) electrons. The second-order valence-electron chi connectivity index (χ2n) is 4.76. The maximum absolute atomic E-state index is 12.2. The Balaban J connectivity index is 1.69. The van der Waals surface area contributed by atoms with Gasteiger partial charge in [0.25, 0.3) is 5.89 Å². The van der Waals surface area contributed by atoms with Gasteiger partial charge in [-0.25, -0.2) is 4.79 Å². The van der Waals surface area contributed by atoms with E-state index >= 15 is 0 Å². The lowest BCUT2D eigenvalue weighted by Gasteiger charge is -2.15. The van der Waals surface area contributed by atoms with Crippen molar-refractivity contribution < 1.29 is 9.21 Å². The standard InChI is InChI=1S/C14H12ClN3O3S2/c1-17(7-9-4-5-11(15)23-9)12(19)8-18-14(20)21-13(16-18)10-3-2-6-22-10/h2-6H,7-8H2,1H3. The monoisotopic (exact) mass is 369 g/mol. The molecule has 0 aliphatic heterocycles. The zero-order valence-electron chi connectivity index (χ0n) is 12.1. The first kappa shape index (κ1) is 16.0. The number of rotatable bonds is 5. The Hall–Kier alpha value is -1.90. The number of halogens is 1. The molecule has 3 heterocycles. The zero-order valence-corrected chi connectivity index (χ0v) is 14.5. The number of hydrogen-bond donors (Lipinski definition) is 0. The van der Waals surface area contributed by atoms with E-state index in [9.17, 15) is 9.59 Å². The van der Waals surface area contributed by atoms with Gasteiger partial charge in [-0.3, -0.25) is 4.79 Å². The predicted molar refractivity (Wildman–Crippen MR) is 89.9 cm³/mol. The Labute approximate surface area is 144 Å². The quantitative estimate of drug-likeness (QED) is 0.693. The Morgan fingerprint density at radius 1 is 1.43 bits per heavy atom. The molecule has 3 rings (SSSR count). The molecule has 0 aromatic carbocycles. The summed E-state index contributed by atoms with van der Waals surface area (Å²) in [6.07, 6.45) is 0. The largest absolute Gasteiger partial charge is 0.437 e. The van der Waals surface area contributed by atoms with Crippen LogP contribution in [0.5, 0.6) is 0 Å². The first-order valence-corrected chi connectivity index (χ1v) is 8.70. The van der Waals surface area contributed by atoms with Crippen molar-refractivity contribution in [2.75, 3.05) is 7.05 Å². The van der Waals surface area contributed by atoms with Crippen LogP contribution in [0.2, 0.25) is 4.34 Å². The van der Waals surface area contributed by atoms with Crippen LogP contribution < -0.4 is 5.76 Å². The van der Waals surface area contributed by atoms with E-state index < -0.39 is 5.76 Å². The molecular formula is C14H12ClN3O3S2. The highest BCUT2D eigenvalue weighted by Gasteiger charge is 2.16. The van der Waals surface area contributed by atoms with Crippen molar-refractivity contribution in [2.24, 2.45) is 0 Å². The molecule has 3 aromatic heterocycles. The minimum absolute atomic E-state index is 0.163. The normalized spacial score (nSPS) is 10.9. The second kappa shape index (κ2) is 6.69. The number of carbonyl (C=O) groups is 1. The van der Waals surface area contributed by atoms with Gasteiger partial charge in [-0.15, -0.1) is 27.8 Å². The summed E-state index contributed by atoms with van der Waals surface area (Å²) >= 11 is 8.70. The summed E-state index contributed by atoms with van der Waals surface area (Å²) < 4.78 is 6.79. The van der Waals surface area contributed by atoms with Gasteiger partial charge in [0.2, 0.25) is 5.91 Å². The molecule has 0 saturated heterocycles. The van der Waals surface area contributed by atoms with Gasteiger partial charge in [0.1, 0.15) is 6.54 Å². The minimum atomic E-state index is -0.644. The van der Waals surface area contributed by atoms with Gasteiger partial charge in [0, 0.05) is 11.9 Å². The van der Waals surface area contributed by atoms with Crippen LogP contribution in [0.3, 0.4) is 0 Å². The fourth-order valence-electron chi connectivity index (χ4n) is 1.91. The molecule has 0 spiro atoms. The molecule has 1 amide bonds. The highest BCUT2D eigenvalue weighted by atomic mass is 35.5. The van der Waals surface area contributed by atoms with Crippen molar-refractivity contribution in [3.8, 4) is 10.8 Å². The van der Waals surface area contributed by atoms with E-state index in [1.165, 1.54) is 27.6 Å². The molecule has 0 bridgehead atoms. The van der Waals surface area contributed by atoms with Crippen molar-refractivity contribution in [3.63, 3.8) is 0 Å². The molecule has 0 aliphatic rings. The van der Waals surface area contributed by atoms with Gasteiger partial charge in [0.05, 0.1) is 15.8 Å². The summed E-state index contributed by atoms with van der Waals surface area (Å²) in [6, 6.07) is 7.29. The van der Waals surface area contributed by atoms with Crippen LogP contribution >= 0.6 is 34.3 Å². The Bertz CT molecular complexity index is 866. The average molecular weight is 370 g/mol. The molecule has 3 aromatic rings. The average Bonchev–Trinajstić information content (AvgIpc) is 3.22. The Morgan fingerprint density at radius 3 is 2.91 bits per heavy atom. The summed E-state index contributed by atoms with van der Waals surface area (Å²) in [5, 5.41) is 5.93. The van der Waals surface area contributed by atoms with Crippen LogP contribution in [0.1, 0.15) is 4.88 Å². The number of carbonyl (C=O) groups excluding carboxylic acids is 1. The third-order valence-corrected chi connectivity index (χ3v) is 5.14. The zero-order chi connectivity index (χ0) is 16.4. The fourth-order valence-corrected chi connectivity index (χ4v) is 3.70. The van der Waals surface area contributed by atoms with Gasteiger partial charge in [0.15, 0.2) is 0 Å². The highest BCUT2D eigenvalue weighted by Crippen LogP contribution is 2.23. The van der Waals surface area contributed by atoms with Crippen molar-refractivity contribution in [2.45, 2.75) is 13.1 Å². The molecule has 9 heteroatoms. The van der Waals surface area contributed by atoms with Crippen LogP contribution in [-0.4, -0.2) is 27.6 Å². The maximum atomic E-state index is 12.2. The van der Waals surface area contributed by atoms with Crippen molar-refractivity contribution in [1.29, 1.82) is 0 Å². The van der Waals surface area contributed by atoms with E-state index in [1.807, 2.05) is 17.5 Å². The molecule has 0 atom stereocenters. The van der Waals surface area contributed by atoms with Crippen LogP contribution in [-0.2, 0) is 17.9 Å². The summed E-state index contributed by atoms with van der Waals surface area (Å²) in [5.74, 6) is -0.650. The number of aromatic nitrogens is 2.